The molecule has 2 aromatic rings. The Hall–Kier alpha value is -2.57. The van der Waals surface area contributed by atoms with Crippen molar-refractivity contribution in [1.29, 1.82) is 0 Å². The molecule has 1 aromatic carbocycles. The van der Waals surface area contributed by atoms with Crippen LogP contribution in [0.3, 0.4) is 0 Å². The van der Waals surface area contributed by atoms with Gasteiger partial charge >= 0.3 is 5.97 Å². The molecular formula is C18H21F2N3O2. The lowest BCUT2D eigenvalue weighted by molar-refractivity contribution is 0.0525. The van der Waals surface area contributed by atoms with Crippen molar-refractivity contribution >= 4 is 11.9 Å². The zero-order valence-electron chi connectivity index (χ0n) is 14.5. The monoisotopic (exact) mass is 349 g/mol. The Bertz CT molecular complexity index is 732. The van der Waals surface area contributed by atoms with E-state index >= 15 is 0 Å². The molecule has 1 aromatic heterocycles. The maximum Gasteiger partial charge on any atom is 0.341 e. The van der Waals surface area contributed by atoms with Crippen molar-refractivity contribution in [3.8, 4) is 0 Å². The van der Waals surface area contributed by atoms with Crippen molar-refractivity contribution in [2.45, 2.75) is 39.2 Å². The summed E-state index contributed by atoms with van der Waals surface area (Å²) in [5.41, 5.74) is 0.421. The number of benzene rings is 1. The lowest BCUT2D eigenvalue weighted by atomic mass is 10.0. The summed E-state index contributed by atoms with van der Waals surface area (Å²) in [6, 6.07) is 3.84. The predicted molar refractivity (Wildman–Crippen MR) is 90.2 cm³/mol. The first-order chi connectivity index (χ1) is 12.0. The van der Waals surface area contributed by atoms with Gasteiger partial charge in [0.1, 0.15) is 0 Å². The number of ether oxygens (including phenoxy) is 1. The summed E-state index contributed by atoms with van der Waals surface area (Å²) in [5, 5.41) is 3.13. The van der Waals surface area contributed by atoms with Crippen molar-refractivity contribution < 1.29 is 18.3 Å². The molecule has 1 aliphatic rings. The van der Waals surface area contributed by atoms with Gasteiger partial charge in [-0.05, 0) is 37.5 Å². The van der Waals surface area contributed by atoms with Crippen LogP contribution in [0.15, 0.2) is 30.6 Å². The van der Waals surface area contributed by atoms with Crippen LogP contribution in [-0.2, 0) is 10.3 Å². The Morgan fingerprint density at radius 2 is 1.84 bits per heavy atom. The third kappa shape index (κ3) is 4.29. The molecule has 1 heterocycles. The number of nitrogens with zero attached hydrogens (tertiary/aromatic N) is 2. The second-order valence-corrected chi connectivity index (χ2v) is 5.35. The van der Waals surface area contributed by atoms with Crippen LogP contribution in [0.25, 0.3) is 0 Å². The van der Waals surface area contributed by atoms with Gasteiger partial charge in [-0.1, -0.05) is 19.9 Å². The van der Waals surface area contributed by atoms with Crippen molar-refractivity contribution in [1.82, 2.24) is 9.97 Å². The van der Waals surface area contributed by atoms with Gasteiger partial charge in [0.25, 0.3) is 0 Å². The van der Waals surface area contributed by atoms with Crippen LogP contribution in [0.1, 0.15) is 49.5 Å². The van der Waals surface area contributed by atoms with E-state index in [1.54, 1.807) is 13.0 Å². The number of rotatable bonds is 5. The molecule has 1 N–H and O–H groups in total. The van der Waals surface area contributed by atoms with Gasteiger partial charge in [-0.15, -0.1) is 0 Å². The Morgan fingerprint density at radius 3 is 2.36 bits per heavy atom. The first-order valence-electron chi connectivity index (χ1n) is 8.27. The SMILES string of the molecule is CC.CCOC(=O)c1cnc(NC2(c3ccc(F)c(F)c3)CC2)nc1. The van der Waals surface area contributed by atoms with Crippen molar-refractivity contribution in [2.75, 3.05) is 11.9 Å². The molecule has 0 spiro atoms. The largest absolute Gasteiger partial charge is 0.462 e. The van der Waals surface area contributed by atoms with E-state index in [0.717, 1.165) is 18.9 Å². The van der Waals surface area contributed by atoms with Crippen LogP contribution in [0, 0.1) is 11.6 Å². The summed E-state index contributed by atoms with van der Waals surface area (Å²) in [6.07, 6.45) is 4.27. The molecule has 25 heavy (non-hydrogen) atoms. The quantitative estimate of drug-likeness (QED) is 0.825. The van der Waals surface area contributed by atoms with E-state index in [0.29, 0.717) is 11.5 Å². The molecule has 0 saturated heterocycles. The summed E-state index contributed by atoms with van der Waals surface area (Å²) in [7, 11) is 0. The number of hydrogen-bond acceptors (Lipinski definition) is 5. The average Bonchev–Trinajstić information content (AvgIpc) is 3.40. The summed E-state index contributed by atoms with van der Waals surface area (Å²) in [4.78, 5) is 19.7. The molecule has 1 saturated carbocycles. The Labute approximate surface area is 145 Å². The maximum atomic E-state index is 13.4. The first-order valence-corrected chi connectivity index (χ1v) is 8.27. The van der Waals surface area contributed by atoms with E-state index in [-0.39, 0.29) is 12.2 Å². The van der Waals surface area contributed by atoms with Crippen molar-refractivity contribution in [3.63, 3.8) is 0 Å². The van der Waals surface area contributed by atoms with Crippen LogP contribution in [-0.4, -0.2) is 22.5 Å². The Balaban J connectivity index is 0.00000109. The van der Waals surface area contributed by atoms with Gasteiger partial charge in [0, 0.05) is 12.4 Å². The minimum Gasteiger partial charge on any atom is -0.462 e. The smallest absolute Gasteiger partial charge is 0.341 e. The van der Waals surface area contributed by atoms with Crippen LogP contribution >= 0.6 is 0 Å². The lowest BCUT2D eigenvalue weighted by Gasteiger charge is -2.18. The second-order valence-electron chi connectivity index (χ2n) is 5.35. The van der Waals surface area contributed by atoms with E-state index in [4.69, 9.17) is 4.74 Å². The molecule has 0 unspecified atom stereocenters. The minimum atomic E-state index is -0.880. The number of hydrogen-bond donors (Lipinski definition) is 1. The van der Waals surface area contributed by atoms with Gasteiger partial charge in [0.15, 0.2) is 11.6 Å². The number of halogens is 2. The molecule has 0 bridgehead atoms. The summed E-state index contributed by atoms with van der Waals surface area (Å²) in [5.74, 6) is -1.92. The van der Waals surface area contributed by atoms with Crippen LogP contribution in [0.2, 0.25) is 0 Å². The second kappa shape index (κ2) is 8.00. The zero-order chi connectivity index (χ0) is 18.4. The summed E-state index contributed by atoms with van der Waals surface area (Å²) in [6.45, 7) is 5.99. The molecule has 1 aliphatic carbocycles. The van der Waals surface area contributed by atoms with Gasteiger partial charge in [-0.25, -0.2) is 23.5 Å². The fourth-order valence-corrected chi connectivity index (χ4v) is 2.33. The maximum absolute atomic E-state index is 13.4. The summed E-state index contributed by atoms with van der Waals surface area (Å²) >= 11 is 0. The molecule has 7 heteroatoms. The Morgan fingerprint density at radius 1 is 1.20 bits per heavy atom. The third-order valence-corrected chi connectivity index (χ3v) is 3.74. The average molecular weight is 349 g/mol. The molecule has 0 amide bonds. The summed E-state index contributed by atoms with van der Waals surface area (Å²) < 4.78 is 31.3. The van der Waals surface area contributed by atoms with Crippen LogP contribution < -0.4 is 5.32 Å². The third-order valence-electron chi connectivity index (χ3n) is 3.74. The molecule has 3 rings (SSSR count). The molecular weight excluding hydrogens is 328 g/mol. The predicted octanol–water partition coefficient (Wildman–Crippen LogP) is 4.06. The molecule has 0 radical (unpaired) electrons. The molecule has 5 nitrogen and oxygen atoms in total. The molecule has 0 atom stereocenters. The van der Waals surface area contributed by atoms with Gasteiger partial charge in [-0.3, -0.25) is 0 Å². The van der Waals surface area contributed by atoms with Crippen molar-refractivity contribution in [2.24, 2.45) is 0 Å². The van der Waals surface area contributed by atoms with Crippen LogP contribution in [0.5, 0.6) is 0 Å². The highest BCUT2D eigenvalue weighted by Crippen LogP contribution is 2.47. The Kier molecular flexibility index (Phi) is 6.01. The van der Waals surface area contributed by atoms with E-state index in [2.05, 4.69) is 15.3 Å². The highest BCUT2D eigenvalue weighted by atomic mass is 19.2. The topological polar surface area (TPSA) is 64.1 Å². The van der Waals surface area contributed by atoms with Crippen LogP contribution in [0.4, 0.5) is 14.7 Å². The number of anilines is 1. The molecule has 0 aliphatic heterocycles. The zero-order valence-corrected chi connectivity index (χ0v) is 14.5. The molecule has 1 fully saturated rings. The lowest BCUT2D eigenvalue weighted by Crippen LogP contribution is -2.21. The van der Waals surface area contributed by atoms with E-state index < -0.39 is 23.1 Å². The minimum absolute atomic E-state index is 0.259. The fourth-order valence-electron chi connectivity index (χ4n) is 2.33. The fraction of sp³-hybridized carbons (Fsp3) is 0.389. The highest BCUT2D eigenvalue weighted by Gasteiger charge is 2.45. The number of nitrogens with one attached hydrogen (secondary N) is 1. The van der Waals surface area contributed by atoms with E-state index in [9.17, 15) is 13.6 Å². The number of carbonyl (C=O) groups is 1. The standard InChI is InChI=1S/C16H15F2N3O2.C2H6/c1-2-23-14(22)10-8-19-15(20-9-10)21-16(5-6-16)11-3-4-12(17)13(18)7-11;1-2/h3-4,7-9H,2,5-6H2,1H3,(H,19,20,21);1-2H3. The number of esters is 1. The van der Waals surface area contributed by atoms with Crippen molar-refractivity contribution in [3.05, 3.63) is 53.4 Å². The highest BCUT2D eigenvalue weighted by molar-refractivity contribution is 5.88. The van der Waals surface area contributed by atoms with Gasteiger partial charge < -0.3 is 10.1 Å². The van der Waals surface area contributed by atoms with E-state index in [1.807, 2.05) is 13.8 Å². The van der Waals surface area contributed by atoms with Gasteiger partial charge in [0.2, 0.25) is 5.95 Å². The first kappa shape index (κ1) is 18.8. The number of aromatic nitrogens is 2. The molecule has 134 valence electrons. The van der Waals surface area contributed by atoms with Gasteiger partial charge in [0.05, 0.1) is 17.7 Å². The number of carbonyl (C=O) groups excluding carboxylic acids is 1. The van der Waals surface area contributed by atoms with E-state index in [1.165, 1.54) is 18.5 Å². The normalized spacial score (nSPS) is 14.1. The van der Waals surface area contributed by atoms with Gasteiger partial charge in [-0.2, -0.15) is 0 Å².